The van der Waals surface area contributed by atoms with Gasteiger partial charge in [-0.1, -0.05) is 12.1 Å². The summed E-state index contributed by atoms with van der Waals surface area (Å²) in [5, 5.41) is 0.975. The molecule has 1 fully saturated rings. The summed E-state index contributed by atoms with van der Waals surface area (Å²) in [7, 11) is 1.66. The predicted molar refractivity (Wildman–Crippen MR) is 128 cm³/mol. The summed E-state index contributed by atoms with van der Waals surface area (Å²) in [6.45, 7) is 7.41. The molecule has 1 atom stereocenters. The van der Waals surface area contributed by atoms with E-state index in [2.05, 4.69) is 13.0 Å². The van der Waals surface area contributed by atoms with E-state index in [1.165, 1.54) is 6.42 Å². The van der Waals surface area contributed by atoms with Crippen molar-refractivity contribution in [1.82, 2.24) is 4.90 Å². The fourth-order valence-electron chi connectivity index (χ4n) is 4.42. The Labute approximate surface area is 189 Å². The van der Waals surface area contributed by atoms with E-state index in [1.54, 1.807) is 19.4 Å². The molecule has 0 bridgehead atoms. The Bertz CT molecular complexity index is 1140. The molecule has 0 radical (unpaired) electrons. The van der Waals surface area contributed by atoms with E-state index in [4.69, 9.17) is 13.9 Å². The van der Waals surface area contributed by atoms with Crippen molar-refractivity contribution in [3.05, 3.63) is 54.3 Å². The number of carbonyl (C=O) groups is 1. The maximum Gasteiger partial charge on any atom is 0.247 e. The van der Waals surface area contributed by atoms with Crippen molar-refractivity contribution in [3.8, 4) is 22.6 Å². The van der Waals surface area contributed by atoms with E-state index in [-0.39, 0.29) is 11.9 Å². The van der Waals surface area contributed by atoms with Crippen LogP contribution in [0.2, 0.25) is 0 Å². The third kappa shape index (κ3) is 4.38. The van der Waals surface area contributed by atoms with Crippen molar-refractivity contribution in [2.24, 2.45) is 0 Å². The number of nitrogens with zero attached hydrogens (tertiary/aromatic N) is 1. The van der Waals surface area contributed by atoms with Crippen molar-refractivity contribution in [1.29, 1.82) is 0 Å². The molecule has 1 unspecified atom stereocenters. The molecule has 1 aliphatic rings. The van der Waals surface area contributed by atoms with Crippen molar-refractivity contribution in [2.75, 3.05) is 20.3 Å². The van der Waals surface area contributed by atoms with Gasteiger partial charge in [-0.3, -0.25) is 4.79 Å². The molecule has 4 rings (SSSR count). The van der Waals surface area contributed by atoms with Crippen molar-refractivity contribution in [3.63, 3.8) is 0 Å². The summed E-state index contributed by atoms with van der Waals surface area (Å²) < 4.78 is 17.2. The van der Waals surface area contributed by atoms with Crippen LogP contribution in [-0.4, -0.2) is 37.1 Å². The van der Waals surface area contributed by atoms with Crippen LogP contribution in [0.1, 0.15) is 45.6 Å². The van der Waals surface area contributed by atoms with Gasteiger partial charge in [-0.25, -0.2) is 0 Å². The Morgan fingerprint density at radius 3 is 2.84 bits per heavy atom. The van der Waals surface area contributed by atoms with Crippen molar-refractivity contribution >= 4 is 22.4 Å². The third-order valence-corrected chi connectivity index (χ3v) is 6.21. The number of hydrogen-bond acceptors (Lipinski definition) is 4. The second kappa shape index (κ2) is 9.51. The summed E-state index contributed by atoms with van der Waals surface area (Å²) in [4.78, 5) is 15.0. The van der Waals surface area contributed by atoms with Gasteiger partial charge in [0.2, 0.25) is 5.91 Å². The second-order valence-electron chi connectivity index (χ2n) is 8.36. The van der Waals surface area contributed by atoms with Gasteiger partial charge >= 0.3 is 0 Å². The van der Waals surface area contributed by atoms with Crippen LogP contribution in [0.25, 0.3) is 27.7 Å². The zero-order valence-electron chi connectivity index (χ0n) is 19.3. The molecule has 168 valence electrons. The predicted octanol–water partition coefficient (Wildman–Crippen LogP) is 6.31. The topological polar surface area (TPSA) is 51.9 Å². The van der Waals surface area contributed by atoms with Crippen LogP contribution in [0.5, 0.6) is 11.5 Å². The molecule has 0 N–H and O–H groups in total. The highest BCUT2D eigenvalue weighted by Crippen LogP contribution is 2.38. The Balaban J connectivity index is 1.76. The summed E-state index contributed by atoms with van der Waals surface area (Å²) in [5.74, 6) is 1.58. The lowest BCUT2D eigenvalue weighted by Crippen LogP contribution is -2.41. The van der Waals surface area contributed by atoms with Gasteiger partial charge in [-0.05, 0) is 69.4 Å². The Morgan fingerprint density at radius 1 is 1.25 bits per heavy atom. The van der Waals surface area contributed by atoms with Gasteiger partial charge in [-0.15, -0.1) is 0 Å². The second-order valence-corrected chi connectivity index (χ2v) is 8.36. The van der Waals surface area contributed by atoms with Gasteiger partial charge in [0, 0.05) is 41.2 Å². The number of rotatable bonds is 6. The van der Waals surface area contributed by atoms with E-state index in [0.29, 0.717) is 6.61 Å². The highest BCUT2D eigenvalue weighted by atomic mass is 16.5. The molecule has 0 aliphatic carbocycles. The van der Waals surface area contributed by atoms with Crippen LogP contribution in [0.4, 0.5) is 0 Å². The number of likely N-dealkylation sites (tertiary alicyclic amines) is 1. The molecule has 5 nitrogen and oxygen atoms in total. The first-order valence-electron chi connectivity index (χ1n) is 11.3. The van der Waals surface area contributed by atoms with E-state index < -0.39 is 0 Å². The average Bonchev–Trinajstić information content (AvgIpc) is 3.22. The first kappa shape index (κ1) is 22.0. The number of allylic oxidation sites excluding steroid dienone is 1. The van der Waals surface area contributed by atoms with Gasteiger partial charge in [0.25, 0.3) is 0 Å². The first-order chi connectivity index (χ1) is 15.5. The average molecular weight is 434 g/mol. The van der Waals surface area contributed by atoms with Crippen LogP contribution in [-0.2, 0) is 4.79 Å². The van der Waals surface area contributed by atoms with Crippen LogP contribution < -0.4 is 9.47 Å². The minimum atomic E-state index is 0.0671. The standard InChI is InChI=1S/C27H31NO4/c1-5-31-25-16-26-23(24(17-32-26)20-10-8-11-21(14-20)30-4)15-22(25)18(2)13-27(29)28-12-7-6-9-19(28)3/h8,10-11,13-17,19H,5-7,9,12H2,1-4H3/b18-13+. The number of piperidine rings is 1. The first-order valence-corrected chi connectivity index (χ1v) is 11.3. The number of benzene rings is 2. The molecule has 1 aromatic heterocycles. The Hall–Kier alpha value is -3.21. The monoisotopic (exact) mass is 433 g/mol. The summed E-state index contributed by atoms with van der Waals surface area (Å²) in [5.41, 5.74) is 4.53. The summed E-state index contributed by atoms with van der Waals surface area (Å²) >= 11 is 0. The number of methoxy groups -OCH3 is 1. The third-order valence-electron chi connectivity index (χ3n) is 6.21. The van der Waals surface area contributed by atoms with Gasteiger partial charge in [-0.2, -0.15) is 0 Å². The molecular formula is C27H31NO4. The van der Waals surface area contributed by atoms with Gasteiger partial charge in [0.1, 0.15) is 17.1 Å². The summed E-state index contributed by atoms with van der Waals surface area (Å²) in [6.07, 6.45) is 6.83. The number of furan rings is 1. The molecule has 1 amide bonds. The van der Waals surface area contributed by atoms with Crippen molar-refractivity contribution < 1.29 is 18.7 Å². The molecule has 0 saturated carbocycles. The van der Waals surface area contributed by atoms with E-state index in [9.17, 15) is 4.79 Å². The Kier molecular flexibility index (Phi) is 6.54. The minimum absolute atomic E-state index is 0.0671. The Morgan fingerprint density at radius 2 is 2.09 bits per heavy atom. The molecule has 2 aromatic carbocycles. The lowest BCUT2D eigenvalue weighted by atomic mass is 9.98. The van der Waals surface area contributed by atoms with Crippen molar-refractivity contribution in [2.45, 2.75) is 46.1 Å². The number of fused-ring (bicyclic) bond motifs is 1. The molecule has 1 saturated heterocycles. The normalized spacial score (nSPS) is 16.9. The molecule has 1 aliphatic heterocycles. The van der Waals surface area contributed by atoms with Gasteiger partial charge < -0.3 is 18.8 Å². The molecule has 5 heteroatoms. The number of amides is 1. The molecule has 2 heterocycles. The number of hydrogen-bond donors (Lipinski definition) is 0. The quantitative estimate of drug-likeness (QED) is 0.427. The van der Waals surface area contributed by atoms with Crippen LogP contribution in [0.15, 0.2) is 53.2 Å². The SMILES string of the molecule is CCOc1cc2occ(-c3cccc(OC)c3)c2cc1/C(C)=C/C(=O)N1CCCCC1C. The van der Waals surface area contributed by atoms with Crippen LogP contribution in [0, 0.1) is 0 Å². The van der Waals surface area contributed by atoms with Gasteiger partial charge in [0.05, 0.1) is 20.0 Å². The zero-order valence-corrected chi connectivity index (χ0v) is 19.3. The molecule has 3 aromatic rings. The maximum atomic E-state index is 13.0. The largest absolute Gasteiger partial charge is 0.497 e. The fraction of sp³-hybridized carbons (Fsp3) is 0.370. The fourth-order valence-corrected chi connectivity index (χ4v) is 4.42. The van der Waals surface area contributed by atoms with Crippen LogP contribution in [0.3, 0.4) is 0 Å². The number of carbonyl (C=O) groups excluding carboxylic acids is 1. The van der Waals surface area contributed by atoms with E-state index in [1.807, 2.05) is 49.1 Å². The molecule has 32 heavy (non-hydrogen) atoms. The van der Waals surface area contributed by atoms with E-state index in [0.717, 1.165) is 64.1 Å². The smallest absolute Gasteiger partial charge is 0.247 e. The zero-order chi connectivity index (χ0) is 22.7. The lowest BCUT2D eigenvalue weighted by molar-refractivity contribution is -0.129. The molecule has 0 spiro atoms. The highest BCUT2D eigenvalue weighted by Gasteiger charge is 2.22. The minimum Gasteiger partial charge on any atom is -0.497 e. The van der Waals surface area contributed by atoms with Crippen LogP contribution >= 0.6 is 0 Å². The lowest BCUT2D eigenvalue weighted by Gasteiger charge is -2.32. The number of ether oxygens (including phenoxy) is 2. The summed E-state index contributed by atoms with van der Waals surface area (Å²) in [6, 6.07) is 12.2. The molecular weight excluding hydrogens is 402 g/mol. The maximum absolute atomic E-state index is 13.0. The van der Waals surface area contributed by atoms with Gasteiger partial charge in [0.15, 0.2) is 0 Å². The highest BCUT2D eigenvalue weighted by molar-refractivity contribution is 6.00. The van der Waals surface area contributed by atoms with E-state index >= 15 is 0 Å².